The van der Waals surface area contributed by atoms with Gasteiger partial charge in [0.05, 0.1) is 38.8 Å². The summed E-state index contributed by atoms with van der Waals surface area (Å²) in [5, 5.41) is 2.33. The third-order valence-electron chi connectivity index (χ3n) is 10.5. The molecule has 0 fully saturated rings. The number of hydrogen-bond donors (Lipinski definition) is 0. The van der Waals surface area contributed by atoms with Crippen molar-refractivity contribution in [3.63, 3.8) is 0 Å². The fourth-order valence-corrected chi connectivity index (χ4v) is 8.55. The SMILES string of the molecule is c1ccc(-n2c3c4c5ccccc5n(-c5cc6c7c(c5)Oc5ccccc5B7c5ccccc5O6)c4ccc3n3c4ccccc4nc23)cc1. The number of ether oxygens (including phenoxy) is 2. The van der Waals surface area contributed by atoms with E-state index < -0.39 is 0 Å². The van der Waals surface area contributed by atoms with E-state index in [1.54, 1.807) is 0 Å². The number of rotatable bonds is 2. The maximum absolute atomic E-state index is 6.71. The molecule has 0 radical (unpaired) electrons. The first-order chi connectivity index (χ1) is 24.8. The molecule has 7 heteroatoms. The normalized spacial score (nSPS) is 13.1. The van der Waals surface area contributed by atoms with E-state index in [1.807, 2.05) is 18.2 Å². The van der Waals surface area contributed by atoms with Gasteiger partial charge in [-0.25, -0.2) is 4.98 Å². The largest absolute Gasteiger partial charge is 0.458 e. The number of nitrogens with zero attached hydrogens (tertiary/aromatic N) is 4. The molecule has 3 aromatic heterocycles. The summed E-state index contributed by atoms with van der Waals surface area (Å²) in [5.74, 6) is 4.29. The molecule has 6 nitrogen and oxygen atoms in total. The topological polar surface area (TPSA) is 45.6 Å². The third-order valence-corrected chi connectivity index (χ3v) is 10.5. The smallest absolute Gasteiger partial charge is 0.260 e. The summed E-state index contributed by atoms with van der Waals surface area (Å²) in [7, 11) is 0. The predicted molar refractivity (Wildman–Crippen MR) is 202 cm³/mol. The highest BCUT2D eigenvalue weighted by Gasteiger charge is 2.40. The van der Waals surface area contributed by atoms with Gasteiger partial charge in [-0.1, -0.05) is 84.9 Å². The first kappa shape index (κ1) is 26.3. The van der Waals surface area contributed by atoms with Crippen LogP contribution in [0.1, 0.15) is 0 Å². The minimum absolute atomic E-state index is 0.0295. The van der Waals surface area contributed by atoms with E-state index in [0.29, 0.717) is 0 Å². The molecule has 232 valence electrons. The maximum atomic E-state index is 6.71. The molecule has 50 heavy (non-hydrogen) atoms. The lowest BCUT2D eigenvalue weighted by atomic mass is 9.35. The zero-order valence-corrected chi connectivity index (χ0v) is 26.6. The van der Waals surface area contributed by atoms with E-state index in [4.69, 9.17) is 14.5 Å². The monoisotopic (exact) mass is 640 g/mol. The Morgan fingerprint density at radius 3 is 1.86 bits per heavy atom. The van der Waals surface area contributed by atoms with Crippen molar-refractivity contribution < 1.29 is 9.47 Å². The van der Waals surface area contributed by atoms with Crippen LogP contribution in [0.15, 0.2) is 152 Å². The molecule has 0 aliphatic carbocycles. The second-order valence-corrected chi connectivity index (χ2v) is 13.2. The van der Waals surface area contributed by atoms with Crippen LogP contribution in [0.25, 0.3) is 61.0 Å². The molecule has 0 spiro atoms. The average molecular weight is 641 g/mol. The highest BCUT2D eigenvalue weighted by molar-refractivity contribution is 6.98. The summed E-state index contributed by atoms with van der Waals surface area (Å²) in [6.45, 7) is 0.0295. The molecule has 0 amide bonds. The zero-order chi connectivity index (χ0) is 32.5. The van der Waals surface area contributed by atoms with Crippen LogP contribution in [-0.2, 0) is 0 Å². The van der Waals surface area contributed by atoms with Crippen molar-refractivity contribution in [3.05, 3.63) is 152 Å². The van der Waals surface area contributed by atoms with Crippen LogP contribution < -0.4 is 25.9 Å². The average Bonchev–Trinajstić information content (AvgIpc) is 3.81. The Morgan fingerprint density at radius 2 is 1.10 bits per heavy atom. The molecule has 2 aliphatic heterocycles. The Bertz CT molecular complexity index is 2990. The number of aromatic nitrogens is 4. The minimum Gasteiger partial charge on any atom is -0.458 e. The lowest BCUT2D eigenvalue weighted by Crippen LogP contribution is -2.57. The Labute approximate surface area is 286 Å². The number of imidazole rings is 2. The van der Waals surface area contributed by atoms with E-state index in [2.05, 4.69) is 147 Å². The van der Waals surface area contributed by atoms with E-state index in [1.165, 1.54) is 5.39 Å². The van der Waals surface area contributed by atoms with Gasteiger partial charge in [-0.15, -0.1) is 0 Å². The number of fused-ring (bicyclic) bond motifs is 13. The molecule has 10 aromatic rings. The fraction of sp³-hybridized carbons (Fsp3) is 0. The van der Waals surface area contributed by atoms with Gasteiger partial charge in [0, 0.05) is 34.1 Å². The first-order valence-corrected chi connectivity index (χ1v) is 16.9. The molecule has 0 saturated carbocycles. The van der Waals surface area contributed by atoms with Gasteiger partial charge in [0.2, 0.25) is 5.78 Å². The first-order valence-electron chi connectivity index (χ1n) is 16.9. The number of benzene rings is 7. The second kappa shape index (κ2) is 9.46. The molecular weight excluding hydrogens is 615 g/mol. The standard InChI is InChI=1S/C43H25BN4O2/c1-2-12-26(13-3-1)47-42-35(48-33-19-9-7-17-31(33)45-43(47)48)23-22-34-40(42)28-14-4-8-18-32(28)46(34)27-24-38-41-39(25-27)50-37-21-11-6-16-30(37)44(41)29-15-5-10-20-36(29)49-38/h1-25H. The quantitative estimate of drug-likeness (QED) is 0.179. The van der Waals surface area contributed by atoms with E-state index >= 15 is 0 Å². The van der Waals surface area contributed by atoms with Gasteiger partial charge in [-0.05, 0) is 65.5 Å². The summed E-state index contributed by atoms with van der Waals surface area (Å²) in [4.78, 5) is 5.19. The van der Waals surface area contributed by atoms with Gasteiger partial charge >= 0.3 is 0 Å². The summed E-state index contributed by atoms with van der Waals surface area (Å²) in [6, 6.07) is 53.2. The van der Waals surface area contributed by atoms with Gasteiger partial charge in [0.25, 0.3) is 6.71 Å². The van der Waals surface area contributed by atoms with Crippen LogP contribution in [0.4, 0.5) is 0 Å². The van der Waals surface area contributed by atoms with Crippen LogP contribution in [0.3, 0.4) is 0 Å². The third kappa shape index (κ3) is 3.31. The molecular formula is C43H25BN4O2. The van der Waals surface area contributed by atoms with Crippen molar-refractivity contribution >= 4 is 72.8 Å². The van der Waals surface area contributed by atoms with Gasteiger partial charge in [0.15, 0.2) is 0 Å². The van der Waals surface area contributed by atoms with Crippen molar-refractivity contribution in [3.8, 4) is 34.4 Å². The van der Waals surface area contributed by atoms with Crippen LogP contribution >= 0.6 is 0 Å². The minimum atomic E-state index is 0.0295. The molecule has 12 rings (SSSR count). The van der Waals surface area contributed by atoms with Gasteiger partial charge < -0.3 is 14.0 Å². The lowest BCUT2D eigenvalue weighted by molar-refractivity contribution is 0.464. The van der Waals surface area contributed by atoms with Crippen LogP contribution in [0.5, 0.6) is 23.0 Å². The van der Waals surface area contributed by atoms with Gasteiger partial charge in [-0.2, -0.15) is 0 Å². The van der Waals surface area contributed by atoms with Gasteiger partial charge in [-0.3, -0.25) is 8.97 Å². The Morgan fingerprint density at radius 1 is 0.480 bits per heavy atom. The van der Waals surface area contributed by atoms with Crippen molar-refractivity contribution in [1.82, 2.24) is 18.5 Å². The van der Waals surface area contributed by atoms with Crippen LogP contribution in [0, 0.1) is 0 Å². The lowest BCUT2D eigenvalue weighted by Gasteiger charge is -2.33. The van der Waals surface area contributed by atoms with Crippen molar-refractivity contribution in [2.75, 3.05) is 0 Å². The van der Waals surface area contributed by atoms with E-state index in [9.17, 15) is 0 Å². The highest BCUT2D eigenvalue weighted by atomic mass is 16.5. The summed E-state index contributed by atoms with van der Waals surface area (Å²) in [5.41, 5.74) is 11.9. The molecule has 7 aromatic carbocycles. The maximum Gasteiger partial charge on any atom is 0.260 e. The predicted octanol–water partition coefficient (Wildman–Crippen LogP) is 8.26. The molecule has 0 unspecified atom stereocenters. The fourth-order valence-electron chi connectivity index (χ4n) is 8.55. The van der Waals surface area contributed by atoms with Crippen LogP contribution in [-0.4, -0.2) is 25.2 Å². The van der Waals surface area contributed by atoms with Crippen molar-refractivity contribution in [1.29, 1.82) is 0 Å². The van der Waals surface area contributed by atoms with E-state index in [0.717, 1.165) is 95.0 Å². The zero-order valence-electron chi connectivity index (χ0n) is 26.6. The second-order valence-electron chi connectivity index (χ2n) is 13.2. The molecule has 5 heterocycles. The Balaban J connectivity index is 1.20. The summed E-state index contributed by atoms with van der Waals surface area (Å²) < 4.78 is 20.4. The van der Waals surface area contributed by atoms with Gasteiger partial charge in [0.1, 0.15) is 23.0 Å². The van der Waals surface area contributed by atoms with Crippen molar-refractivity contribution in [2.45, 2.75) is 0 Å². The Kier molecular flexibility index (Phi) is 4.96. The summed E-state index contributed by atoms with van der Waals surface area (Å²) in [6.07, 6.45) is 0. The van der Waals surface area contributed by atoms with Crippen LogP contribution in [0.2, 0.25) is 0 Å². The molecule has 0 saturated heterocycles. The molecule has 0 bridgehead atoms. The van der Waals surface area contributed by atoms with Crippen molar-refractivity contribution in [2.24, 2.45) is 0 Å². The highest BCUT2D eigenvalue weighted by Crippen LogP contribution is 2.42. The molecule has 0 atom stereocenters. The number of hydrogen-bond acceptors (Lipinski definition) is 3. The van der Waals surface area contributed by atoms with E-state index in [-0.39, 0.29) is 6.71 Å². The summed E-state index contributed by atoms with van der Waals surface area (Å²) >= 11 is 0. The number of para-hydroxylation sites is 6. The molecule has 0 N–H and O–H groups in total. The molecule has 2 aliphatic rings. The Hall–Kier alpha value is -6.73.